The zero-order valence-corrected chi connectivity index (χ0v) is 20.3. The van der Waals surface area contributed by atoms with E-state index in [2.05, 4.69) is 0 Å². The average molecular weight is 523 g/mol. The molecule has 1 aliphatic rings. The first-order valence-corrected chi connectivity index (χ1v) is 11.7. The molecule has 1 aliphatic heterocycles. The molecular formula is C28H26O10. The van der Waals surface area contributed by atoms with E-state index in [4.69, 9.17) is 23.7 Å². The van der Waals surface area contributed by atoms with E-state index in [0.717, 1.165) is 0 Å². The summed E-state index contributed by atoms with van der Waals surface area (Å²) in [5, 5.41) is 21.7. The summed E-state index contributed by atoms with van der Waals surface area (Å²) in [6, 6.07) is 22.1. The van der Waals surface area contributed by atoms with Crippen molar-refractivity contribution in [2.24, 2.45) is 0 Å². The highest BCUT2D eigenvalue weighted by atomic mass is 16.7. The van der Waals surface area contributed by atoms with Crippen LogP contribution in [0.5, 0.6) is 5.75 Å². The molecule has 0 radical (unpaired) electrons. The van der Waals surface area contributed by atoms with Crippen LogP contribution in [0.1, 0.15) is 31.1 Å². The van der Waals surface area contributed by atoms with E-state index < -0.39 is 55.2 Å². The fraction of sp³-hybridized carbons (Fsp3) is 0.250. The summed E-state index contributed by atoms with van der Waals surface area (Å²) in [7, 11) is 1.49. The third kappa shape index (κ3) is 6.35. The zero-order valence-electron chi connectivity index (χ0n) is 20.3. The number of carbonyl (C=O) groups excluding carboxylic acids is 3. The van der Waals surface area contributed by atoms with Gasteiger partial charge in [0.2, 0.25) is 0 Å². The summed E-state index contributed by atoms with van der Waals surface area (Å²) in [4.78, 5) is 37.9. The lowest BCUT2D eigenvalue weighted by Crippen LogP contribution is -2.61. The van der Waals surface area contributed by atoms with Crippen LogP contribution in [0.15, 0.2) is 84.9 Å². The minimum Gasteiger partial charge on any atom is -0.497 e. The number of benzene rings is 3. The average Bonchev–Trinajstić information content (AvgIpc) is 2.96. The van der Waals surface area contributed by atoms with E-state index in [9.17, 15) is 24.6 Å². The number of hydrogen-bond acceptors (Lipinski definition) is 10. The molecule has 10 nitrogen and oxygen atoms in total. The van der Waals surface area contributed by atoms with Crippen LogP contribution in [-0.4, -0.2) is 72.5 Å². The molecule has 0 aromatic heterocycles. The summed E-state index contributed by atoms with van der Waals surface area (Å²) < 4.78 is 26.6. The minimum atomic E-state index is -1.80. The molecule has 1 saturated heterocycles. The van der Waals surface area contributed by atoms with E-state index in [1.54, 1.807) is 48.5 Å². The van der Waals surface area contributed by atoms with Crippen LogP contribution >= 0.6 is 0 Å². The quantitative estimate of drug-likeness (QED) is 0.335. The minimum absolute atomic E-state index is 0.177. The lowest BCUT2D eigenvalue weighted by Gasteiger charge is -2.41. The summed E-state index contributed by atoms with van der Waals surface area (Å²) in [6.45, 7) is -0.484. The van der Waals surface area contributed by atoms with Crippen LogP contribution < -0.4 is 4.74 Å². The van der Waals surface area contributed by atoms with Crippen LogP contribution in [-0.2, 0) is 18.9 Å². The smallest absolute Gasteiger partial charge is 0.338 e. The number of esters is 3. The first-order valence-electron chi connectivity index (χ1n) is 11.7. The van der Waals surface area contributed by atoms with Gasteiger partial charge in [0.05, 0.1) is 23.8 Å². The molecule has 0 amide bonds. The number of ether oxygens (including phenoxy) is 5. The highest BCUT2D eigenvalue weighted by Gasteiger charge is 2.50. The third-order valence-corrected chi connectivity index (χ3v) is 5.85. The summed E-state index contributed by atoms with van der Waals surface area (Å²) in [6.07, 6.45) is -7.83. The Morgan fingerprint density at radius 2 is 1.21 bits per heavy atom. The Morgan fingerprint density at radius 1 is 0.711 bits per heavy atom. The highest BCUT2D eigenvalue weighted by Crippen LogP contribution is 2.27. The van der Waals surface area contributed by atoms with Crippen molar-refractivity contribution in [3.05, 3.63) is 102 Å². The molecule has 0 unspecified atom stereocenters. The molecule has 2 N–H and O–H groups in total. The first-order chi connectivity index (χ1) is 18.4. The Hall–Kier alpha value is -4.25. The Morgan fingerprint density at radius 3 is 1.74 bits per heavy atom. The molecule has 5 atom stereocenters. The number of hydrogen-bond donors (Lipinski definition) is 2. The maximum atomic E-state index is 12.8. The molecule has 1 fully saturated rings. The monoisotopic (exact) mass is 522 g/mol. The molecular weight excluding hydrogens is 496 g/mol. The molecule has 1 heterocycles. The summed E-state index contributed by atoms with van der Waals surface area (Å²) >= 11 is 0. The predicted molar refractivity (Wildman–Crippen MR) is 131 cm³/mol. The van der Waals surface area contributed by atoms with E-state index in [1.165, 1.54) is 43.5 Å². The number of aliphatic hydroxyl groups is 2. The number of rotatable bonds is 8. The standard InChI is InChI=1S/C28H26O10/c1-34-20-14-12-19(13-15-20)25(30)35-16-21-22(29)23(37-26(31)17-8-4-2-5-9-17)24(28(33)36-21)38-27(32)18-10-6-3-7-11-18/h2-15,21-24,28-29,33H,16H2,1H3/t21-,22-,23+,24-,28-/m1/s1. The summed E-state index contributed by atoms with van der Waals surface area (Å²) in [5.41, 5.74) is 0.576. The predicted octanol–water partition coefficient (Wildman–Crippen LogP) is 2.38. The highest BCUT2D eigenvalue weighted by molar-refractivity contribution is 5.90. The van der Waals surface area contributed by atoms with Gasteiger partial charge in [-0.2, -0.15) is 0 Å². The van der Waals surface area contributed by atoms with Crippen molar-refractivity contribution < 1.29 is 48.3 Å². The first kappa shape index (κ1) is 26.8. The third-order valence-electron chi connectivity index (χ3n) is 5.85. The van der Waals surface area contributed by atoms with Gasteiger partial charge in [-0.25, -0.2) is 14.4 Å². The number of aliphatic hydroxyl groups excluding tert-OH is 2. The second kappa shape index (κ2) is 12.3. The van der Waals surface area contributed by atoms with Crippen molar-refractivity contribution in [3.8, 4) is 5.75 Å². The van der Waals surface area contributed by atoms with E-state index in [-0.39, 0.29) is 16.7 Å². The Kier molecular flexibility index (Phi) is 8.70. The van der Waals surface area contributed by atoms with Gasteiger partial charge in [-0.1, -0.05) is 36.4 Å². The fourth-order valence-electron chi connectivity index (χ4n) is 3.81. The van der Waals surface area contributed by atoms with Gasteiger partial charge >= 0.3 is 17.9 Å². The van der Waals surface area contributed by atoms with E-state index >= 15 is 0 Å². The molecule has 3 aromatic carbocycles. The Labute approximate surface area is 218 Å². The lowest BCUT2D eigenvalue weighted by atomic mass is 9.98. The second-order valence-corrected chi connectivity index (χ2v) is 8.35. The van der Waals surface area contributed by atoms with Crippen molar-refractivity contribution in [1.82, 2.24) is 0 Å². The van der Waals surface area contributed by atoms with Crippen molar-refractivity contribution in [1.29, 1.82) is 0 Å². The van der Waals surface area contributed by atoms with Crippen LogP contribution in [0.3, 0.4) is 0 Å². The van der Waals surface area contributed by atoms with Crippen molar-refractivity contribution >= 4 is 17.9 Å². The zero-order chi connectivity index (χ0) is 27.1. The molecule has 38 heavy (non-hydrogen) atoms. The Bertz CT molecular complexity index is 1230. The van der Waals surface area contributed by atoms with Gasteiger partial charge in [-0.3, -0.25) is 0 Å². The normalized spacial score (nSPS) is 22.7. The number of methoxy groups -OCH3 is 1. The molecule has 0 spiro atoms. The molecule has 0 bridgehead atoms. The van der Waals surface area contributed by atoms with Gasteiger partial charge in [-0.15, -0.1) is 0 Å². The van der Waals surface area contributed by atoms with Gasteiger partial charge in [-0.05, 0) is 48.5 Å². The molecule has 0 saturated carbocycles. The lowest BCUT2D eigenvalue weighted by molar-refractivity contribution is -0.284. The Balaban J connectivity index is 1.50. The van der Waals surface area contributed by atoms with Crippen LogP contribution in [0.4, 0.5) is 0 Å². The second-order valence-electron chi connectivity index (χ2n) is 8.35. The van der Waals surface area contributed by atoms with Gasteiger partial charge in [0.25, 0.3) is 0 Å². The topological polar surface area (TPSA) is 138 Å². The maximum Gasteiger partial charge on any atom is 0.338 e. The molecule has 4 rings (SSSR count). The van der Waals surface area contributed by atoms with Crippen LogP contribution in [0, 0.1) is 0 Å². The largest absolute Gasteiger partial charge is 0.497 e. The molecule has 10 heteroatoms. The van der Waals surface area contributed by atoms with Gasteiger partial charge in [0, 0.05) is 0 Å². The van der Waals surface area contributed by atoms with Crippen molar-refractivity contribution in [2.45, 2.75) is 30.7 Å². The maximum absolute atomic E-state index is 12.8. The van der Waals surface area contributed by atoms with Gasteiger partial charge in [0.1, 0.15) is 24.6 Å². The van der Waals surface area contributed by atoms with Crippen LogP contribution in [0.2, 0.25) is 0 Å². The van der Waals surface area contributed by atoms with Gasteiger partial charge < -0.3 is 33.9 Å². The fourth-order valence-corrected chi connectivity index (χ4v) is 3.81. The SMILES string of the molecule is COc1ccc(C(=O)OC[C@H]2O[C@@H](O)[C@H](OC(=O)c3ccccc3)[C@@H](OC(=O)c3ccccc3)[C@@H]2O)cc1. The van der Waals surface area contributed by atoms with Crippen LogP contribution in [0.25, 0.3) is 0 Å². The van der Waals surface area contributed by atoms with E-state index in [0.29, 0.717) is 5.75 Å². The molecule has 3 aromatic rings. The van der Waals surface area contributed by atoms with Crippen molar-refractivity contribution in [3.63, 3.8) is 0 Å². The van der Waals surface area contributed by atoms with Gasteiger partial charge in [0.15, 0.2) is 18.5 Å². The van der Waals surface area contributed by atoms with E-state index in [1.807, 2.05) is 0 Å². The van der Waals surface area contributed by atoms with Crippen molar-refractivity contribution in [2.75, 3.05) is 13.7 Å². The molecule has 0 aliphatic carbocycles. The molecule has 198 valence electrons. The number of carbonyl (C=O) groups is 3. The summed E-state index contributed by atoms with van der Waals surface area (Å²) in [5.74, 6) is -1.81.